The van der Waals surface area contributed by atoms with Gasteiger partial charge >= 0.3 is 0 Å². The number of aryl methyl sites for hydroxylation is 2. The molecule has 7 aromatic carbocycles. The predicted octanol–water partition coefficient (Wildman–Crippen LogP) is 15.5. The maximum absolute atomic E-state index is 2.66. The highest BCUT2D eigenvalue weighted by Gasteiger charge is 2.47. The highest BCUT2D eigenvalue weighted by Crippen LogP contribution is 2.64. The second kappa shape index (κ2) is 12.3. The lowest BCUT2D eigenvalue weighted by Gasteiger charge is -2.46. The van der Waals surface area contributed by atoms with Gasteiger partial charge in [-0.05, 0) is 146 Å². The minimum absolute atomic E-state index is 0.00828. The van der Waals surface area contributed by atoms with Gasteiger partial charge in [0.05, 0.1) is 28.4 Å². The van der Waals surface area contributed by atoms with Crippen molar-refractivity contribution in [3.8, 4) is 22.3 Å². The van der Waals surface area contributed by atoms with Gasteiger partial charge in [-0.1, -0.05) is 146 Å². The molecule has 292 valence electrons. The lowest BCUT2D eigenvalue weighted by molar-refractivity contribution is 0.403. The fourth-order valence-corrected chi connectivity index (χ4v) is 11.6. The van der Waals surface area contributed by atoms with E-state index < -0.39 is 0 Å². The summed E-state index contributed by atoms with van der Waals surface area (Å²) in [5.41, 5.74) is 26.9. The van der Waals surface area contributed by atoms with E-state index in [0.717, 1.165) is 12.8 Å². The molecule has 2 nitrogen and oxygen atoms in total. The topological polar surface area (TPSA) is 6.48 Å². The molecule has 2 heterocycles. The Morgan fingerprint density at radius 3 is 1.93 bits per heavy atom. The Morgan fingerprint density at radius 1 is 0.525 bits per heavy atom. The van der Waals surface area contributed by atoms with Gasteiger partial charge in [-0.2, -0.15) is 0 Å². The summed E-state index contributed by atoms with van der Waals surface area (Å²) in [5, 5.41) is 0. The zero-order valence-corrected chi connectivity index (χ0v) is 36.1. The van der Waals surface area contributed by atoms with Gasteiger partial charge in [0.1, 0.15) is 0 Å². The first-order valence-corrected chi connectivity index (χ1v) is 21.6. The van der Waals surface area contributed by atoms with E-state index in [1.807, 2.05) is 0 Å². The fourth-order valence-electron chi connectivity index (χ4n) is 11.6. The molecular weight excluding hydrogens is 713 g/mol. The van der Waals surface area contributed by atoms with E-state index in [9.17, 15) is 0 Å². The van der Waals surface area contributed by atoms with Crippen LogP contribution in [0.1, 0.15) is 116 Å². The van der Waals surface area contributed by atoms with Gasteiger partial charge in [-0.15, -0.1) is 0 Å². The SMILES string of the molecule is Cc1cc2c3c(c1)N(c1cccc4c1-c1ccccc1C4)c1ccc(C(C)(C)C)cc1C3c1cc3c(cc1N2c1cc(-c2ccccc2)ccc1C)C(C)(C)CC3(C)C. The number of fused-ring (bicyclic) bond motifs is 8. The molecule has 1 unspecified atom stereocenters. The van der Waals surface area contributed by atoms with Crippen molar-refractivity contribution in [2.45, 2.75) is 97.3 Å². The van der Waals surface area contributed by atoms with E-state index >= 15 is 0 Å². The molecule has 0 fully saturated rings. The summed E-state index contributed by atoms with van der Waals surface area (Å²) >= 11 is 0. The summed E-state index contributed by atoms with van der Waals surface area (Å²) in [6.07, 6.45) is 2.09. The quantitative estimate of drug-likeness (QED) is 0.177. The van der Waals surface area contributed by atoms with Crippen LogP contribution in [-0.4, -0.2) is 0 Å². The number of hydrogen-bond acceptors (Lipinski definition) is 2. The Hall–Kier alpha value is -5.86. The average Bonchev–Trinajstić information content (AvgIpc) is 3.67. The third-order valence-corrected chi connectivity index (χ3v) is 14.2. The number of hydrogen-bond donors (Lipinski definition) is 0. The van der Waals surface area contributed by atoms with Crippen LogP contribution in [0.25, 0.3) is 22.3 Å². The molecule has 7 aromatic rings. The van der Waals surface area contributed by atoms with Crippen molar-refractivity contribution < 1.29 is 0 Å². The van der Waals surface area contributed by atoms with E-state index in [1.165, 1.54) is 112 Å². The summed E-state index contributed by atoms with van der Waals surface area (Å²) in [4.78, 5) is 5.30. The van der Waals surface area contributed by atoms with Crippen molar-refractivity contribution in [2.24, 2.45) is 0 Å². The molecule has 0 saturated heterocycles. The van der Waals surface area contributed by atoms with Crippen LogP contribution in [0.3, 0.4) is 0 Å². The second-order valence-electron chi connectivity index (χ2n) is 20.3. The van der Waals surface area contributed by atoms with Gasteiger partial charge in [0.15, 0.2) is 0 Å². The molecule has 0 radical (unpaired) electrons. The number of anilines is 6. The van der Waals surface area contributed by atoms with Gasteiger partial charge in [-0.25, -0.2) is 0 Å². The van der Waals surface area contributed by atoms with Crippen LogP contribution in [0.4, 0.5) is 34.1 Å². The minimum atomic E-state index is -0.00828. The van der Waals surface area contributed by atoms with Gasteiger partial charge in [-0.3, -0.25) is 0 Å². The Labute approximate surface area is 351 Å². The van der Waals surface area contributed by atoms with Gasteiger partial charge < -0.3 is 9.80 Å². The third-order valence-electron chi connectivity index (χ3n) is 14.2. The highest BCUT2D eigenvalue weighted by atomic mass is 15.2. The smallest absolute Gasteiger partial charge is 0.0543 e. The van der Waals surface area contributed by atoms with Crippen molar-refractivity contribution in [1.82, 2.24) is 0 Å². The molecule has 0 spiro atoms. The van der Waals surface area contributed by atoms with Crippen molar-refractivity contribution in [2.75, 3.05) is 9.80 Å². The monoisotopic (exact) mass is 766 g/mol. The maximum Gasteiger partial charge on any atom is 0.0543 e. The van der Waals surface area contributed by atoms with Crippen molar-refractivity contribution in [3.05, 3.63) is 189 Å². The van der Waals surface area contributed by atoms with E-state index in [-0.39, 0.29) is 22.2 Å². The molecular formula is C57H54N2. The normalized spacial score (nSPS) is 17.5. The summed E-state index contributed by atoms with van der Waals surface area (Å²) in [6.45, 7) is 21.5. The van der Waals surface area contributed by atoms with Crippen molar-refractivity contribution in [1.29, 1.82) is 0 Å². The first-order valence-electron chi connectivity index (χ1n) is 21.6. The predicted molar refractivity (Wildman–Crippen MR) is 249 cm³/mol. The summed E-state index contributed by atoms with van der Waals surface area (Å²) in [5.74, 6) is 0.0619. The molecule has 2 heteroatoms. The van der Waals surface area contributed by atoms with Crippen LogP contribution in [0.15, 0.2) is 133 Å². The summed E-state index contributed by atoms with van der Waals surface area (Å²) < 4.78 is 0. The molecule has 0 bridgehead atoms. The van der Waals surface area contributed by atoms with Crippen LogP contribution in [0.2, 0.25) is 0 Å². The molecule has 59 heavy (non-hydrogen) atoms. The van der Waals surface area contributed by atoms with Gasteiger partial charge in [0, 0.05) is 22.7 Å². The summed E-state index contributed by atoms with van der Waals surface area (Å²) in [6, 6.07) is 51.6. The zero-order valence-electron chi connectivity index (χ0n) is 36.1. The van der Waals surface area contributed by atoms with Crippen molar-refractivity contribution in [3.63, 3.8) is 0 Å². The summed E-state index contributed by atoms with van der Waals surface area (Å²) in [7, 11) is 0. The minimum Gasteiger partial charge on any atom is -0.309 e. The lowest BCUT2D eigenvalue weighted by atomic mass is 9.72. The average molecular weight is 767 g/mol. The van der Waals surface area contributed by atoms with E-state index in [0.29, 0.717) is 0 Å². The van der Waals surface area contributed by atoms with Crippen LogP contribution >= 0.6 is 0 Å². The maximum atomic E-state index is 2.66. The van der Waals surface area contributed by atoms with E-state index in [1.54, 1.807) is 0 Å². The first-order chi connectivity index (χ1) is 28.2. The first kappa shape index (κ1) is 36.2. The van der Waals surface area contributed by atoms with Gasteiger partial charge in [0.2, 0.25) is 0 Å². The number of benzene rings is 7. The molecule has 1 atom stereocenters. The Bertz CT molecular complexity index is 2900. The molecule has 2 aliphatic heterocycles. The number of nitrogens with zero attached hydrogens (tertiary/aromatic N) is 2. The second-order valence-corrected chi connectivity index (χ2v) is 20.3. The lowest BCUT2D eigenvalue weighted by Crippen LogP contribution is -2.31. The van der Waals surface area contributed by atoms with Crippen LogP contribution in [0.5, 0.6) is 0 Å². The molecule has 0 aromatic heterocycles. The third kappa shape index (κ3) is 5.31. The van der Waals surface area contributed by atoms with Crippen molar-refractivity contribution >= 4 is 34.1 Å². The zero-order chi connectivity index (χ0) is 40.7. The van der Waals surface area contributed by atoms with E-state index in [2.05, 4.69) is 206 Å². The standard InChI is InChI=1S/C57H54N2/c1-34-26-50-54-51(27-34)59(48-29-37(23-22-35(48)2)36-16-11-10-12-17-36)49-32-45-44(56(6,7)33-57(45,8)9)31-43(49)53(54)42-30-40(55(3,4)5)24-25-46(42)58(50)47-21-15-19-39-28-38-18-13-14-20-41(38)52(39)47/h10-27,29-32,53H,28,33H2,1-9H3. The highest BCUT2D eigenvalue weighted by molar-refractivity contribution is 6.01. The molecule has 11 rings (SSSR count). The molecule has 0 amide bonds. The molecule has 0 saturated carbocycles. The van der Waals surface area contributed by atoms with Crippen LogP contribution < -0.4 is 9.80 Å². The molecule has 4 aliphatic rings. The Balaban J connectivity index is 1.26. The van der Waals surface area contributed by atoms with Crippen LogP contribution in [-0.2, 0) is 22.7 Å². The largest absolute Gasteiger partial charge is 0.309 e. The Kier molecular flexibility index (Phi) is 7.58. The molecule has 2 aliphatic carbocycles. The number of rotatable bonds is 3. The Morgan fingerprint density at radius 2 is 1.19 bits per heavy atom. The van der Waals surface area contributed by atoms with Gasteiger partial charge in [0.25, 0.3) is 0 Å². The molecule has 0 N–H and O–H groups in total. The van der Waals surface area contributed by atoms with E-state index in [4.69, 9.17) is 0 Å². The van der Waals surface area contributed by atoms with Crippen LogP contribution in [0, 0.1) is 13.8 Å². The fraction of sp³-hybridized carbons (Fsp3) is 0.263.